The Labute approximate surface area is 116 Å². The zero-order valence-electron chi connectivity index (χ0n) is 11.2. The number of phenolic OH excluding ortho intramolecular Hbond substituents is 1. The molecule has 0 spiro atoms. The lowest BCUT2D eigenvalue weighted by atomic mass is 10.1. The van der Waals surface area contributed by atoms with Gasteiger partial charge in [0, 0.05) is 18.3 Å². The van der Waals surface area contributed by atoms with Gasteiger partial charge in [0.05, 0.1) is 5.69 Å². The molecule has 0 saturated carbocycles. The van der Waals surface area contributed by atoms with E-state index in [1.807, 2.05) is 18.2 Å². The summed E-state index contributed by atoms with van der Waals surface area (Å²) in [5.41, 5.74) is 8.74. The minimum absolute atomic E-state index is 0.0880. The molecule has 1 aromatic carbocycles. The fourth-order valence-electron chi connectivity index (χ4n) is 2.31. The third-order valence-corrected chi connectivity index (χ3v) is 3.24. The van der Waals surface area contributed by atoms with Crippen molar-refractivity contribution in [3.63, 3.8) is 0 Å². The van der Waals surface area contributed by atoms with Crippen molar-refractivity contribution >= 4 is 16.9 Å². The molecule has 5 heteroatoms. The van der Waals surface area contributed by atoms with Crippen LogP contribution in [0.3, 0.4) is 0 Å². The van der Waals surface area contributed by atoms with E-state index >= 15 is 0 Å². The van der Waals surface area contributed by atoms with Gasteiger partial charge in [0.1, 0.15) is 17.1 Å². The molecule has 0 aliphatic carbocycles. The average molecular weight is 268 g/mol. The minimum Gasteiger partial charge on any atom is -0.506 e. The summed E-state index contributed by atoms with van der Waals surface area (Å²) in [4.78, 5) is 9.04. The van der Waals surface area contributed by atoms with Crippen molar-refractivity contribution in [2.75, 3.05) is 5.73 Å². The van der Waals surface area contributed by atoms with Crippen LogP contribution in [0.1, 0.15) is 13.3 Å². The zero-order chi connectivity index (χ0) is 14.1. The Morgan fingerprint density at radius 1 is 1.30 bits per heavy atom. The van der Waals surface area contributed by atoms with Crippen LogP contribution >= 0.6 is 0 Å². The molecule has 102 valence electrons. The number of hydrogen-bond donors (Lipinski definition) is 2. The van der Waals surface area contributed by atoms with Gasteiger partial charge in [-0.25, -0.2) is 9.97 Å². The SMILES string of the molecule is CCCn1c(-c2ccc(O)c(N)c2)nc2cccnc21. The second-order valence-corrected chi connectivity index (χ2v) is 4.71. The van der Waals surface area contributed by atoms with Gasteiger partial charge in [-0.1, -0.05) is 6.92 Å². The smallest absolute Gasteiger partial charge is 0.160 e. The number of rotatable bonds is 3. The largest absolute Gasteiger partial charge is 0.506 e. The number of aryl methyl sites for hydroxylation is 1. The summed E-state index contributed by atoms with van der Waals surface area (Å²) in [5, 5.41) is 9.54. The predicted molar refractivity (Wildman–Crippen MR) is 79.3 cm³/mol. The van der Waals surface area contributed by atoms with Crippen LogP contribution in [0.25, 0.3) is 22.6 Å². The number of benzene rings is 1. The molecule has 0 fully saturated rings. The lowest BCUT2D eigenvalue weighted by Gasteiger charge is -2.08. The van der Waals surface area contributed by atoms with Crippen LogP contribution in [-0.2, 0) is 6.54 Å². The van der Waals surface area contributed by atoms with Crippen LogP contribution in [0.5, 0.6) is 5.75 Å². The van der Waals surface area contributed by atoms with Gasteiger partial charge in [-0.15, -0.1) is 0 Å². The number of anilines is 1. The molecule has 2 aromatic heterocycles. The summed E-state index contributed by atoms with van der Waals surface area (Å²) in [5.74, 6) is 0.914. The van der Waals surface area contributed by atoms with Crippen LogP contribution in [0.15, 0.2) is 36.5 Å². The Hall–Kier alpha value is -2.56. The highest BCUT2D eigenvalue weighted by Gasteiger charge is 2.13. The number of pyridine rings is 1. The van der Waals surface area contributed by atoms with Gasteiger partial charge in [-0.2, -0.15) is 0 Å². The lowest BCUT2D eigenvalue weighted by Crippen LogP contribution is -2.01. The van der Waals surface area contributed by atoms with E-state index in [-0.39, 0.29) is 5.75 Å². The molecule has 0 saturated heterocycles. The molecule has 5 nitrogen and oxygen atoms in total. The first-order valence-corrected chi connectivity index (χ1v) is 6.61. The van der Waals surface area contributed by atoms with Crippen LogP contribution in [0.4, 0.5) is 5.69 Å². The number of aromatic hydroxyl groups is 1. The number of phenols is 1. The van der Waals surface area contributed by atoms with Crippen molar-refractivity contribution < 1.29 is 5.11 Å². The Balaban J connectivity index is 2.23. The van der Waals surface area contributed by atoms with Gasteiger partial charge in [-0.05, 0) is 36.8 Å². The summed E-state index contributed by atoms with van der Waals surface area (Å²) >= 11 is 0. The molecule has 0 radical (unpaired) electrons. The first kappa shape index (κ1) is 12.5. The highest BCUT2D eigenvalue weighted by molar-refractivity contribution is 5.78. The topological polar surface area (TPSA) is 77.0 Å². The number of nitrogen functional groups attached to an aromatic ring is 1. The number of imidazole rings is 1. The summed E-state index contributed by atoms with van der Waals surface area (Å²) in [6, 6.07) is 8.97. The van der Waals surface area contributed by atoms with Gasteiger partial charge in [0.25, 0.3) is 0 Å². The Bertz CT molecular complexity index is 764. The summed E-state index contributed by atoms with van der Waals surface area (Å²) in [6.07, 6.45) is 2.76. The van der Waals surface area contributed by atoms with Crippen molar-refractivity contribution in [2.24, 2.45) is 0 Å². The third kappa shape index (κ3) is 1.97. The summed E-state index contributed by atoms with van der Waals surface area (Å²) < 4.78 is 2.08. The zero-order valence-corrected chi connectivity index (χ0v) is 11.2. The second-order valence-electron chi connectivity index (χ2n) is 4.71. The standard InChI is InChI=1S/C15H16N4O/c1-2-8-19-14(10-5-6-13(20)11(16)9-10)18-12-4-3-7-17-15(12)19/h3-7,9,20H,2,8,16H2,1H3. The summed E-state index contributed by atoms with van der Waals surface area (Å²) in [6.45, 7) is 2.95. The van der Waals surface area contributed by atoms with Crippen molar-refractivity contribution in [3.05, 3.63) is 36.5 Å². The average Bonchev–Trinajstić information content (AvgIpc) is 2.82. The Kier molecular flexibility index (Phi) is 3.02. The number of fused-ring (bicyclic) bond motifs is 1. The van der Waals surface area contributed by atoms with Gasteiger partial charge in [0.15, 0.2) is 5.65 Å². The second kappa shape index (κ2) is 4.85. The molecule has 0 unspecified atom stereocenters. The highest BCUT2D eigenvalue weighted by atomic mass is 16.3. The first-order chi connectivity index (χ1) is 9.70. The molecular formula is C15H16N4O. The normalized spacial score (nSPS) is 11.1. The number of nitrogens with zero attached hydrogens (tertiary/aromatic N) is 3. The maximum atomic E-state index is 9.54. The van der Waals surface area contributed by atoms with E-state index in [0.717, 1.165) is 35.5 Å². The summed E-state index contributed by atoms with van der Waals surface area (Å²) in [7, 11) is 0. The highest BCUT2D eigenvalue weighted by Crippen LogP contribution is 2.29. The lowest BCUT2D eigenvalue weighted by molar-refractivity contribution is 0.478. The van der Waals surface area contributed by atoms with E-state index in [1.54, 1.807) is 18.3 Å². The predicted octanol–water partition coefficient (Wildman–Crippen LogP) is 2.80. The number of hydrogen-bond acceptors (Lipinski definition) is 4. The fraction of sp³-hybridized carbons (Fsp3) is 0.200. The molecule has 0 aliphatic rings. The van der Waals surface area contributed by atoms with E-state index in [2.05, 4.69) is 21.5 Å². The van der Waals surface area contributed by atoms with Gasteiger partial charge >= 0.3 is 0 Å². The molecule has 0 aliphatic heterocycles. The van der Waals surface area contributed by atoms with Gasteiger partial charge in [-0.3, -0.25) is 0 Å². The van der Waals surface area contributed by atoms with E-state index in [0.29, 0.717) is 5.69 Å². The molecule has 0 bridgehead atoms. The maximum Gasteiger partial charge on any atom is 0.160 e. The molecule has 20 heavy (non-hydrogen) atoms. The Morgan fingerprint density at radius 2 is 2.15 bits per heavy atom. The fourth-order valence-corrected chi connectivity index (χ4v) is 2.31. The van der Waals surface area contributed by atoms with E-state index in [4.69, 9.17) is 5.73 Å². The van der Waals surface area contributed by atoms with E-state index < -0.39 is 0 Å². The first-order valence-electron chi connectivity index (χ1n) is 6.61. The van der Waals surface area contributed by atoms with Crippen molar-refractivity contribution in [1.82, 2.24) is 14.5 Å². The van der Waals surface area contributed by atoms with Crippen LogP contribution in [0, 0.1) is 0 Å². The van der Waals surface area contributed by atoms with E-state index in [9.17, 15) is 5.11 Å². The molecule has 2 heterocycles. The maximum absolute atomic E-state index is 9.54. The van der Waals surface area contributed by atoms with Crippen molar-refractivity contribution in [3.8, 4) is 17.1 Å². The van der Waals surface area contributed by atoms with Crippen LogP contribution in [-0.4, -0.2) is 19.6 Å². The molecule has 3 aromatic rings. The van der Waals surface area contributed by atoms with Crippen molar-refractivity contribution in [2.45, 2.75) is 19.9 Å². The van der Waals surface area contributed by atoms with E-state index in [1.165, 1.54) is 0 Å². The number of aromatic nitrogens is 3. The van der Waals surface area contributed by atoms with Crippen molar-refractivity contribution in [1.29, 1.82) is 0 Å². The molecule has 0 amide bonds. The minimum atomic E-state index is 0.0880. The third-order valence-electron chi connectivity index (χ3n) is 3.24. The van der Waals surface area contributed by atoms with Gasteiger partial charge in [0.2, 0.25) is 0 Å². The molecular weight excluding hydrogens is 252 g/mol. The molecule has 3 N–H and O–H groups in total. The molecule has 3 rings (SSSR count). The monoisotopic (exact) mass is 268 g/mol. The Morgan fingerprint density at radius 3 is 2.90 bits per heavy atom. The van der Waals surface area contributed by atoms with Crippen LogP contribution < -0.4 is 5.73 Å². The molecule has 0 atom stereocenters. The quantitative estimate of drug-likeness (QED) is 0.565. The van der Waals surface area contributed by atoms with Gasteiger partial charge < -0.3 is 15.4 Å². The number of nitrogens with two attached hydrogens (primary N) is 1. The van der Waals surface area contributed by atoms with Crippen LogP contribution in [0.2, 0.25) is 0 Å².